The molecule has 17 heteroatoms. The smallest absolute Gasteiger partial charge is 0.416 e. The van der Waals surface area contributed by atoms with Gasteiger partial charge in [-0.1, -0.05) is 0 Å². The van der Waals surface area contributed by atoms with Crippen molar-refractivity contribution in [3.05, 3.63) is 29.3 Å². The van der Waals surface area contributed by atoms with Crippen LogP contribution in [0.1, 0.15) is 28.8 Å². The number of carbonyl (C=O) groups is 3. The van der Waals surface area contributed by atoms with Gasteiger partial charge in [0, 0.05) is 24.9 Å². The van der Waals surface area contributed by atoms with Crippen LogP contribution in [0.2, 0.25) is 0 Å². The summed E-state index contributed by atoms with van der Waals surface area (Å²) in [6.07, 6.45) is -4.73. The molecule has 0 radical (unpaired) electrons. The number of aliphatic imine (C=N–C) groups is 2. The first-order valence-corrected chi connectivity index (χ1v) is 11.8. The summed E-state index contributed by atoms with van der Waals surface area (Å²) >= 11 is 0. The first-order valence-electron chi connectivity index (χ1n) is 11.8. The first kappa shape index (κ1) is 26.5. The van der Waals surface area contributed by atoms with Crippen molar-refractivity contribution in [1.82, 2.24) is 20.4 Å². The number of nitrogens with one attached hydrogen (secondary N) is 2. The molecule has 4 atom stereocenters. The number of hydrogen-bond acceptors (Lipinski definition) is 12. The van der Waals surface area contributed by atoms with Crippen molar-refractivity contribution in [3.8, 4) is 5.75 Å². The molecule has 3 amide bonds. The van der Waals surface area contributed by atoms with Crippen LogP contribution in [0.3, 0.4) is 0 Å². The highest BCUT2D eigenvalue weighted by Crippen LogP contribution is 2.45. The van der Waals surface area contributed by atoms with Crippen LogP contribution >= 0.6 is 0 Å². The number of nitrogens with two attached hydrogens (primary N) is 2. The fourth-order valence-electron chi connectivity index (χ4n) is 5.50. The molecule has 8 N–H and O–H groups in total. The molecule has 0 aliphatic carbocycles. The molecule has 2 saturated heterocycles. The van der Waals surface area contributed by atoms with Crippen molar-refractivity contribution >= 4 is 29.6 Å². The topological polar surface area (TPSA) is 208 Å². The van der Waals surface area contributed by atoms with Gasteiger partial charge in [0.25, 0.3) is 5.91 Å². The lowest BCUT2D eigenvalue weighted by Crippen LogP contribution is -2.78. The molecular weight excluding hydrogens is 529 g/mol. The van der Waals surface area contributed by atoms with Crippen LogP contribution < -0.4 is 26.8 Å². The Labute approximate surface area is 218 Å². The molecule has 0 aromatic heterocycles. The number of benzene rings is 1. The zero-order valence-corrected chi connectivity index (χ0v) is 20.4. The van der Waals surface area contributed by atoms with Gasteiger partial charge in [-0.3, -0.25) is 19.3 Å². The van der Waals surface area contributed by atoms with E-state index in [1.54, 1.807) is 0 Å². The number of ether oxygens (including phenoxy) is 1. The molecule has 210 valence electrons. The monoisotopic (exact) mass is 554 g/mol. The lowest BCUT2D eigenvalue weighted by atomic mass is 9.84. The fourth-order valence-corrected chi connectivity index (χ4v) is 5.50. The Balaban J connectivity index is 1.46. The van der Waals surface area contributed by atoms with Gasteiger partial charge >= 0.3 is 6.18 Å². The zero-order valence-electron chi connectivity index (χ0n) is 20.4. The van der Waals surface area contributed by atoms with Crippen molar-refractivity contribution in [3.63, 3.8) is 0 Å². The van der Waals surface area contributed by atoms with E-state index in [-0.39, 0.29) is 43.6 Å². The molecule has 39 heavy (non-hydrogen) atoms. The summed E-state index contributed by atoms with van der Waals surface area (Å²) in [7, 11) is 1.13. The minimum Gasteiger partial charge on any atom is -0.497 e. The number of rotatable bonds is 5. The van der Waals surface area contributed by atoms with Gasteiger partial charge in [-0.15, -0.1) is 0 Å². The summed E-state index contributed by atoms with van der Waals surface area (Å²) in [6, 6.07) is -1.37. The third kappa shape index (κ3) is 3.99. The summed E-state index contributed by atoms with van der Waals surface area (Å²) in [6.45, 7) is -0.612. The molecule has 2 fully saturated rings. The molecule has 4 aliphatic rings. The second kappa shape index (κ2) is 8.70. The maximum atomic E-state index is 13.4. The van der Waals surface area contributed by atoms with Crippen molar-refractivity contribution in [2.45, 2.75) is 48.6 Å². The van der Waals surface area contributed by atoms with Crippen molar-refractivity contribution in [1.29, 1.82) is 0 Å². The van der Waals surface area contributed by atoms with E-state index in [1.807, 2.05) is 0 Å². The third-order valence-corrected chi connectivity index (χ3v) is 7.36. The Bertz CT molecular complexity index is 1300. The SMILES string of the molecule is COc1cc(C(=O)NC2CN3C(N)=NC(CN4C(=O)CCC4=O)[C@@H]4N=C(N)N[C@@]43C2(O)O)cc(C(F)(F)F)c1. The molecule has 1 aromatic carbocycles. The maximum Gasteiger partial charge on any atom is 0.416 e. The number of methoxy groups -OCH3 is 1. The van der Waals surface area contributed by atoms with Gasteiger partial charge in [-0.2, -0.15) is 13.2 Å². The van der Waals surface area contributed by atoms with Gasteiger partial charge < -0.3 is 42.0 Å². The molecule has 1 aromatic rings. The second-order valence-corrected chi connectivity index (χ2v) is 9.61. The molecule has 5 rings (SSSR count). The summed E-state index contributed by atoms with van der Waals surface area (Å²) in [5, 5.41) is 28.0. The Morgan fingerprint density at radius 2 is 1.87 bits per heavy atom. The number of amides is 3. The average Bonchev–Trinajstić information content (AvgIpc) is 3.46. The van der Waals surface area contributed by atoms with Crippen molar-refractivity contribution in [2.75, 3.05) is 20.2 Å². The Kier molecular flexibility index (Phi) is 5.91. The predicted molar refractivity (Wildman–Crippen MR) is 126 cm³/mol. The Morgan fingerprint density at radius 1 is 1.21 bits per heavy atom. The van der Waals surface area contributed by atoms with E-state index in [0.717, 1.165) is 18.1 Å². The Morgan fingerprint density at radius 3 is 2.49 bits per heavy atom. The van der Waals surface area contributed by atoms with Crippen LogP contribution in [0.25, 0.3) is 0 Å². The molecule has 4 aliphatic heterocycles. The molecule has 4 heterocycles. The number of imide groups is 1. The van der Waals surface area contributed by atoms with Gasteiger partial charge in [0.05, 0.1) is 25.3 Å². The molecular formula is C22H25F3N8O6. The van der Waals surface area contributed by atoms with Crippen LogP contribution in [0.4, 0.5) is 13.2 Å². The highest BCUT2D eigenvalue weighted by atomic mass is 19.4. The van der Waals surface area contributed by atoms with Crippen LogP contribution in [0.15, 0.2) is 28.2 Å². The third-order valence-electron chi connectivity index (χ3n) is 7.36. The van der Waals surface area contributed by atoms with E-state index in [9.17, 15) is 37.8 Å². The lowest BCUT2D eigenvalue weighted by Gasteiger charge is -2.49. The molecule has 1 spiro atoms. The van der Waals surface area contributed by atoms with E-state index in [1.165, 1.54) is 4.90 Å². The van der Waals surface area contributed by atoms with Crippen molar-refractivity contribution < 1.29 is 42.5 Å². The van der Waals surface area contributed by atoms with Crippen LogP contribution in [-0.4, -0.2) is 99.4 Å². The number of nitrogens with zero attached hydrogens (tertiary/aromatic N) is 4. The van der Waals surface area contributed by atoms with Crippen LogP contribution in [-0.2, 0) is 15.8 Å². The maximum absolute atomic E-state index is 13.4. The predicted octanol–water partition coefficient (Wildman–Crippen LogP) is -2.36. The molecule has 0 saturated carbocycles. The summed E-state index contributed by atoms with van der Waals surface area (Å²) < 4.78 is 44.9. The summed E-state index contributed by atoms with van der Waals surface area (Å²) in [5.41, 5.74) is 8.50. The van der Waals surface area contributed by atoms with E-state index >= 15 is 0 Å². The fraction of sp³-hybridized carbons (Fsp3) is 0.500. The first-order chi connectivity index (χ1) is 18.2. The lowest BCUT2D eigenvalue weighted by molar-refractivity contribution is -0.230. The van der Waals surface area contributed by atoms with E-state index < -0.39 is 64.6 Å². The van der Waals surface area contributed by atoms with Crippen molar-refractivity contribution in [2.24, 2.45) is 21.5 Å². The number of guanidine groups is 2. The summed E-state index contributed by atoms with van der Waals surface area (Å²) in [5.74, 6) is -5.47. The number of halogens is 3. The quantitative estimate of drug-likeness (QED) is 0.168. The number of aliphatic hydroxyl groups is 2. The van der Waals surface area contributed by atoms with E-state index in [0.29, 0.717) is 12.1 Å². The highest BCUT2D eigenvalue weighted by Gasteiger charge is 2.73. The summed E-state index contributed by atoms with van der Waals surface area (Å²) in [4.78, 5) is 48.2. The van der Waals surface area contributed by atoms with E-state index in [2.05, 4.69) is 20.6 Å². The molecule has 14 nitrogen and oxygen atoms in total. The van der Waals surface area contributed by atoms with Gasteiger partial charge in [-0.25, -0.2) is 9.98 Å². The number of alkyl halides is 3. The van der Waals surface area contributed by atoms with Gasteiger partial charge in [0.2, 0.25) is 17.6 Å². The highest BCUT2D eigenvalue weighted by molar-refractivity contribution is 6.02. The van der Waals surface area contributed by atoms with Crippen LogP contribution in [0, 0.1) is 0 Å². The minimum atomic E-state index is -4.78. The average molecular weight is 554 g/mol. The second-order valence-electron chi connectivity index (χ2n) is 9.61. The minimum absolute atomic E-state index is 0.0225. The van der Waals surface area contributed by atoms with Gasteiger partial charge in [-0.05, 0) is 18.2 Å². The van der Waals surface area contributed by atoms with Gasteiger partial charge in [0.15, 0.2) is 17.6 Å². The normalized spacial score (nSPS) is 29.4. The zero-order chi connectivity index (χ0) is 28.5. The standard InChI is InChI=1S/C22H25F3N8O6/c1-39-11-5-9(4-10(6-11)22(23,24)25)17(36)29-13-8-33-19(27)28-12(7-32-14(34)2-3-15(32)35)16-20(33,21(13,37)38)31-18(26)30-16/h4-6,12-13,16,37-38H,2-3,7-8H2,1H3,(H2,27,28)(H,29,36)(H3,26,30,31)/t12?,13?,16-,20-/m0/s1. The number of hydrogen-bond donors (Lipinski definition) is 6. The van der Waals surface area contributed by atoms with E-state index in [4.69, 9.17) is 16.2 Å². The number of carbonyl (C=O) groups excluding carboxylic acids is 3. The van der Waals surface area contributed by atoms with Crippen LogP contribution in [0.5, 0.6) is 5.75 Å². The number of likely N-dealkylation sites (tertiary alicyclic amines) is 1. The molecule has 2 unspecified atom stereocenters. The molecule has 0 bridgehead atoms. The van der Waals surface area contributed by atoms with Gasteiger partial charge in [0.1, 0.15) is 17.8 Å². The largest absolute Gasteiger partial charge is 0.497 e. The Hall–Kier alpha value is -4.12.